The van der Waals surface area contributed by atoms with Crippen molar-refractivity contribution in [2.75, 3.05) is 13.1 Å². The smallest absolute Gasteiger partial charge is 0.123 e. The summed E-state index contributed by atoms with van der Waals surface area (Å²) in [6.07, 6.45) is 3.40. The van der Waals surface area contributed by atoms with Crippen molar-refractivity contribution < 1.29 is 9.84 Å². The van der Waals surface area contributed by atoms with Crippen LogP contribution in [0.15, 0.2) is 18.2 Å². The van der Waals surface area contributed by atoms with Crippen molar-refractivity contribution in [2.24, 2.45) is 5.92 Å². The van der Waals surface area contributed by atoms with Crippen LogP contribution in [0, 0.1) is 12.8 Å². The molecule has 18 heavy (non-hydrogen) atoms. The van der Waals surface area contributed by atoms with Gasteiger partial charge in [0.15, 0.2) is 0 Å². The zero-order valence-corrected chi connectivity index (χ0v) is 10.9. The predicted octanol–water partition coefficient (Wildman–Crippen LogP) is 1.66. The molecule has 3 nitrogen and oxygen atoms in total. The van der Waals surface area contributed by atoms with Crippen molar-refractivity contribution >= 4 is 0 Å². The second kappa shape index (κ2) is 4.90. The van der Waals surface area contributed by atoms with E-state index in [2.05, 4.69) is 30.4 Å². The molecule has 0 amide bonds. The molecule has 98 valence electrons. The van der Waals surface area contributed by atoms with Crippen LogP contribution in [0.1, 0.15) is 24.0 Å². The standard InChI is InChI=1S/C15H21NO2/c1-10-2-5-15-12(6-10)7-13(18-15)8-16-9-14(17)11-3-4-11/h2,5-6,11,13-14,16-17H,3-4,7-9H2,1H3. The van der Waals surface area contributed by atoms with E-state index < -0.39 is 0 Å². The lowest BCUT2D eigenvalue weighted by Crippen LogP contribution is -2.35. The summed E-state index contributed by atoms with van der Waals surface area (Å²) in [5, 5.41) is 13.1. The quantitative estimate of drug-likeness (QED) is 0.831. The summed E-state index contributed by atoms with van der Waals surface area (Å²) in [5.41, 5.74) is 2.60. The van der Waals surface area contributed by atoms with Gasteiger partial charge in [0.1, 0.15) is 11.9 Å². The summed E-state index contributed by atoms with van der Waals surface area (Å²) in [6, 6.07) is 6.35. The molecule has 1 aliphatic carbocycles. The van der Waals surface area contributed by atoms with Crippen LogP contribution in [0.25, 0.3) is 0 Å². The van der Waals surface area contributed by atoms with Gasteiger partial charge in [-0.3, -0.25) is 0 Å². The Bertz CT molecular complexity index is 429. The second-order valence-electron chi connectivity index (χ2n) is 5.62. The highest BCUT2D eigenvalue weighted by atomic mass is 16.5. The largest absolute Gasteiger partial charge is 0.488 e. The van der Waals surface area contributed by atoms with Gasteiger partial charge in [0.25, 0.3) is 0 Å². The van der Waals surface area contributed by atoms with E-state index >= 15 is 0 Å². The molecule has 1 aliphatic heterocycles. The Morgan fingerprint density at radius 2 is 2.28 bits per heavy atom. The number of nitrogens with one attached hydrogen (secondary N) is 1. The number of aliphatic hydroxyl groups is 1. The summed E-state index contributed by atoms with van der Waals surface area (Å²) < 4.78 is 5.88. The minimum atomic E-state index is -0.170. The maximum atomic E-state index is 9.77. The van der Waals surface area contributed by atoms with Crippen molar-refractivity contribution in [2.45, 2.75) is 38.4 Å². The fourth-order valence-corrected chi connectivity index (χ4v) is 2.60. The Morgan fingerprint density at radius 3 is 3.06 bits per heavy atom. The molecular formula is C15H21NO2. The molecule has 0 spiro atoms. The van der Waals surface area contributed by atoms with E-state index in [0.717, 1.165) is 18.7 Å². The van der Waals surface area contributed by atoms with Crippen molar-refractivity contribution in [3.8, 4) is 5.75 Å². The summed E-state index contributed by atoms with van der Waals surface area (Å²) in [5.74, 6) is 1.57. The number of benzene rings is 1. The molecule has 0 aromatic heterocycles. The number of ether oxygens (including phenoxy) is 1. The highest BCUT2D eigenvalue weighted by Crippen LogP contribution is 2.32. The van der Waals surface area contributed by atoms with E-state index in [0.29, 0.717) is 12.5 Å². The molecule has 2 atom stereocenters. The highest BCUT2D eigenvalue weighted by Gasteiger charge is 2.29. The summed E-state index contributed by atoms with van der Waals surface area (Å²) in [4.78, 5) is 0. The van der Waals surface area contributed by atoms with Crippen LogP contribution >= 0.6 is 0 Å². The van der Waals surface area contributed by atoms with Gasteiger partial charge < -0.3 is 15.2 Å². The van der Waals surface area contributed by atoms with Crippen LogP contribution in [0.4, 0.5) is 0 Å². The van der Waals surface area contributed by atoms with Gasteiger partial charge in [-0.15, -0.1) is 0 Å². The fourth-order valence-electron chi connectivity index (χ4n) is 2.60. The van der Waals surface area contributed by atoms with Gasteiger partial charge in [0.2, 0.25) is 0 Å². The summed E-state index contributed by atoms with van der Waals surface area (Å²) in [7, 11) is 0. The number of hydrogen-bond donors (Lipinski definition) is 2. The minimum Gasteiger partial charge on any atom is -0.488 e. The first kappa shape index (κ1) is 12.0. The Labute approximate surface area is 108 Å². The average Bonchev–Trinajstić information content (AvgIpc) is 3.11. The van der Waals surface area contributed by atoms with Crippen molar-refractivity contribution in [1.82, 2.24) is 5.32 Å². The molecule has 1 aromatic carbocycles. The topological polar surface area (TPSA) is 41.5 Å². The molecule has 1 saturated carbocycles. The first-order chi connectivity index (χ1) is 8.72. The summed E-state index contributed by atoms with van der Waals surface area (Å²) in [6.45, 7) is 3.62. The molecule has 2 unspecified atom stereocenters. The van der Waals surface area contributed by atoms with Gasteiger partial charge >= 0.3 is 0 Å². The van der Waals surface area contributed by atoms with Crippen LogP contribution in [-0.4, -0.2) is 30.4 Å². The van der Waals surface area contributed by atoms with Gasteiger partial charge in [-0.25, -0.2) is 0 Å². The Balaban J connectivity index is 1.45. The summed E-state index contributed by atoms with van der Waals surface area (Å²) >= 11 is 0. The Morgan fingerprint density at radius 1 is 1.44 bits per heavy atom. The third kappa shape index (κ3) is 2.68. The van der Waals surface area contributed by atoms with Crippen LogP contribution in [0.5, 0.6) is 5.75 Å². The molecular weight excluding hydrogens is 226 g/mol. The van der Waals surface area contributed by atoms with Gasteiger partial charge in [0.05, 0.1) is 6.10 Å². The Kier molecular flexibility index (Phi) is 3.27. The first-order valence-corrected chi connectivity index (χ1v) is 6.87. The minimum absolute atomic E-state index is 0.170. The van der Waals surface area contributed by atoms with Crippen molar-refractivity contribution in [3.05, 3.63) is 29.3 Å². The van der Waals surface area contributed by atoms with Crippen LogP contribution in [0.2, 0.25) is 0 Å². The number of aliphatic hydroxyl groups excluding tert-OH is 1. The van der Waals surface area contributed by atoms with E-state index in [4.69, 9.17) is 4.74 Å². The fraction of sp³-hybridized carbons (Fsp3) is 0.600. The van der Waals surface area contributed by atoms with Gasteiger partial charge in [-0.2, -0.15) is 0 Å². The molecule has 3 heteroatoms. The molecule has 3 rings (SSSR count). The van der Waals surface area contributed by atoms with Crippen molar-refractivity contribution in [3.63, 3.8) is 0 Å². The van der Waals surface area contributed by atoms with Crippen LogP contribution in [-0.2, 0) is 6.42 Å². The normalized spacial score (nSPS) is 23.6. The number of hydrogen-bond acceptors (Lipinski definition) is 3. The first-order valence-electron chi connectivity index (χ1n) is 6.87. The van der Waals surface area contributed by atoms with E-state index in [1.807, 2.05) is 0 Å². The second-order valence-corrected chi connectivity index (χ2v) is 5.62. The third-order valence-corrected chi connectivity index (χ3v) is 3.85. The molecule has 1 aromatic rings. The van der Waals surface area contributed by atoms with E-state index in [9.17, 15) is 5.11 Å². The van der Waals surface area contributed by atoms with E-state index in [-0.39, 0.29) is 12.2 Å². The average molecular weight is 247 g/mol. The van der Waals surface area contributed by atoms with E-state index in [1.54, 1.807) is 0 Å². The maximum Gasteiger partial charge on any atom is 0.123 e. The van der Waals surface area contributed by atoms with Gasteiger partial charge in [-0.05, 0) is 37.3 Å². The zero-order valence-electron chi connectivity index (χ0n) is 10.9. The number of rotatable bonds is 5. The SMILES string of the molecule is Cc1ccc2c(c1)CC(CNCC(O)C1CC1)O2. The predicted molar refractivity (Wildman–Crippen MR) is 70.9 cm³/mol. The lowest BCUT2D eigenvalue weighted by molar-refractivity contribution is 0.141. The molecule has 0 saturated heterocycles. The van der Waals surface area contributed by atoms with Gasteiger partial charge in [-0.1, -0.05) is 17.7 Å². The van der Waals surface area contributed by atoms with Crippen LogP contribution < -0.4 is 10.1 Å². The molecule has 1 heterocycles. The molecule has 0 radical (unpaired) electrons. The lowest BCUT2D eigenvalue weighted by atomic mass is 10.1. The van der Waals surface area contributed by atoms with Crippen molar-refractivity contribution in [1.29, 1.82) is 0 Å². The lowest BCUT2D eigenvalue weighted by Gasteiger charge is -2.14. The number of fused-ring (bicyclic) bond motifs is 1. The molecule has 2 aliphatic rings. The number of aryl methyl sites for hydroxylation is 1. The Hall–Kier alpha value is -1.06. The third-order valence-electron chi connectivity index (χ3n) is 3.85. The monoisotopic (exact) mass is 247 g/mol. The molecule has 2 N–H and O–H groups in total. The molecule has 1 fully saturated rings. The molecule has 0 bridgehead atoms. The van der Waals surface area contributed by atoms with Crippen LogP contribution in [0.3, 0.4) is 0 Å². The maximum absolute atomic E-state index is 9.77. The van der Waals surface area contributed by atoms with Gasteiger partial charge in [0, 0.05) is 19.5 Å². The van der Waals surface area contributed by atoms with E-state index in [1.165, 1.54) is 24.0 Å². The zero-order chi connectivity index (χ0) is 12.5. The highest BCUT2D eigenvalue weighted by molar-refractivity contribution is 5.40.